The number of ether oxygens (including phenoxy) is 2. The van der Waals surface area contributed by atoms with Crippen molar-refractivity contribution in [2.45, 2.75) is 30.8 Å². The van der Waals surface area contributed by atoms with E-state index < -0.39 is 14.9 Å². The van der Waals surface area contributed by atoms with Crippen LogP contribution in [0.25, 0.3) is 0 Å². The molecule has 1 heterocycles. The number of sulfonamides is 1. The molecule has 1 atom stereocenters. The minimum Gasteiger partial charge on any atom is -0.495 e. The fraction of sp³-hybridized carbons (Fsp3) is 0.571. The van der Waals surface area contributed by atoms with Gasteiger partial charge in [0.05, 0.1) is 24.2 Å². The minimum atomic E-state index is -3.82. The van der Waals surface area contributed by atoms with Crippen molar-refractivity contribution in [3.05, 3.63) is 28.3 Å². The fourth-order valence-electron chi connectivity index (χ4n) is 2.53. The fourth-order valence-corrected chi connectivity index (χ4v) is 4.15. The summed E-state index contributed by atoms with van der Waals surface area (Å²) in [4.78, 5) is 10.2. The molecule has 0 bridgehead atoms. The van der Waals surface area contributed by atoms with E-state index in [0.29, 0.717) is 6.61 Å². The minimum absolute atomic E-state index is 0.0370. The molecule has 1 aromatic carbocycles. The molecule has 2 rings (SSSR count). The van der Waals surface area contributed by atoms with Gasteiger partial charge in [-0.1, -0.05) is 6.92 Å². The van der Waals surface area contributed by atoms with Crippen LogP contribution in [0.1, 0.15) is 19.8 Å². The highest BCUT2D eigenvalue weighted by Crippen LogP contribution is 2.31. The van der Waals surface area contributed by atoms with Crippen molar-refractivity contribution in [3.8, 4) is 5.75 Å². The Morgan fingerprint density at radius 1 is 1.48 bits per heavy atom. The quantitative estimate of drug-likeness (QED) is 0.552. The van der Waals surface area contributed by atoms with Gasteiger partial charge in [-0.15, -0.1) is 0 Å². The van der Waals surface area contributed by atoms with Crippen molar-refractivity contribution in [2.75, 3.05) is 26.8 Å². The molecule has 0 amide bonds. The first-order valence-electron chi connectivity index (χ1n) is 7.34. The second kappa shape index (κ2) is 7.24. The van der Waals surface area contributed by atoms with Gasteiger partial charge in [-0.25, -0.2) is 8.42 Å². The maximum absolute atomic E-state index is 12.8. The van der Waals surface area contributed by atoms with E-state index in [2.05, 4.69) is 0 Å². The van der Waals surface area contributed by atoms with Crippen LogP contribution < -0.4 is 4.74 Å². The third-order valence-electron chi connectivity index (χ3n) is 3.76. The molecule has 0 aromatic heterocycles. The summed E-state index contributed by atoms with van der Waals surface area (Å²) in [6.45, 7) is 2.93. The number of hydrogen-bond acceptors (Lipinski definition) is 6. The molecule has 0 aliphatic carbocycles. The molecule has 1 aliphatic heterocycles. The molecule has 128 valence electrons. The lowest BCUT2D eigenvalue weighted by Crippen LogP contribution is -2.37. The normalized spacial score (nSPS) is 18.3. The average Bonchev–Trinajstić information content (AvgIpc) is 3.04. The van der Waals surface area contributed by atoms with E-state index in [0.717, 1.165) is 25.0 Å². The van der Waals surface area contributed by atoms with Gasteiger partial charge in [-0.2, -0.15) is 4.31 Å². The molecule has 1 aromatic rings. The molecular weight excluding hydrogens is 324 g/mol. The lowest BCUT2D eigenvalue weighted by molar-refractivity contribution is -0.385. The van der Waals surface area contributed by atoms with E-state index in [1.165, 1.54) is 17.5 Å². The average molecular weight is 344 g/mol. The van der Waals surface area contributed by atoms with Crippen LogP contribution in [-0.4, -0.2) is 50.6 Å². The third-order valence-corrected chi connectivity index (χ3v) is 5.74. The van der Waals surface area contributed by atoms with Crippen LogP contribution in [0.4, 0.5) is 5.69 Å². The summed E-state index contributed by atoms with van der Waals surface area (Å²) >= 11 is 0. The van der Waals surface area contributed by atoms with Gasteiger partial charge >= 0.3 is 0 Å². The summed E-state index contributed by atoms with van der Waals surface area (Å²) in [5.41, 5.74) is -0.219. The molecule has 1 aliphatic rings. The summed E-state index contributed by atoms with van der Waals surface area (Å²) < 4.78 is 37.5. The smallest absolute Gasteiger partial charge is 0.273 e. The van der Waals surface area contributed by atoms with E-state index >= 15 is 0 Å². The van der Waals surface area contributed by atoms with E-state index in [1.807, 2.05) is 0 Å². The van der Waals surface area contributed by atoms with E-state index in [-0.39, 0.29) is 35.5 Å². The van der Waals surface area contributed by atoms with Gasteiger partial charge in [0.1, 0.15) is 10.6 Å². The van der Waals surface area contributed by atoms with Gasteiger partial charge < -0.3 is 9.47 Å². The zero-order valence-electron chi connectivity index (χ0n) is 13.1. The monoisotopic (exact) mass is 344 g/mol. The SMILES string of the molecule is CCN(CC1CCCO1)S(=O)(=O)c1ccc([N+](=O)[O-])cc1OC. The Balaban J connectivity index is 2.34. The van der Waals surface area contributed by atoms with Gasteiger partial charge in [0.2, 0.25) is 10.0 Å². The molecular formula is C14H20N2O6S. The Bertz CT molecular complexity index is 670. The van der Waals surface area contributed by atoms with Crippen LogP contribution in [-0.2, 0) is 14.8 Å². The Labute approximate surface area is 135 Å². The maximum atomic E-state index is 12.8. The third kappa shape index (κ3) is 3.80. The predicted molar refractivity (Wildman–Crippen MR) is 83.1 cm³/mol. The number of nitrogens with zero attached hydrogens (tertiary/aromatic N) is 2. The maximum Gasteiger partial charge on any atom is 0.273 e. The number of hydrogen-bond donors (Lipinski definition) is 0. The van der Waals surface area contributed by atoms with Crippen molar-refractivity contribution < 1.29 is 22.8 Å². The van der Waals surface area contributed by atoms with E-state index in [4.69, 9.17) is 9.47 Å². The summed E-state index contributed by atoms with van der Waals surface area (Å²) in [6, 6.07) is 3.49. The first-order valence-corrected chi connectivity index (χ1v) is 8.78. The molecule has 0 N–H and O–H groups in total. The van der Waals surface area contributed by atoms with E-state index in [1.54, 1.807) is 6.92 Å². The second-order valence-corrected chi connectivity index (χ2v) is 7.09. The summed E-state index contributed by atoms with van der Waals surface area (Å²) in [5.74, 6) is -0.0370. The number of rotatable bonds is 7. The molecule has 0 saturated carbocycles. The van der Waals surface area contributed by atoms with Gasteiger partial charge in [0, 0.05) is 25.8 Å². The molecule has 1 unspecified atom stereocenters. The second-order valence-electron chi connectivity index (χ2n) is 5.18. The molecule has 1 fully saturated rings. The summed E-state index contributed by atoms with van der Waals surface area (Å²) in [5, 5.41) is 10.8. The van der Waals surface area contributed by atoms with Crippen molar-refractivity contribution in [1.82, 2.24) is 4.31 Å². The highest BCUT2D eigenvalue weighted by atomic mass is 32.2. The highest BCUT2D eigenvalue weighted by molar-refractivity contribution is 7.89. The van der Waals surface area contributed by atoms with Gasteiger partial charge in [0.25, 0.3) is 5.69 Å². The van der Waals surface area contributed by atoms with Crippen molar-refractivity contribution in [2.24, 2.45) is 0 Å². The van der Waals surface area contributed by atoms with Crippen LogP contribution >= 0.6 is 0 Å². The molecule has 23 heavy (non-hydrogen) atoms. The van der Waals surface area contributed by atoms with Crippen LogP contribution in [0.3, 0.4) is 0 Å². The molecule has 0 radical (unpaired) electrons. The van der Waals surface area contributed by atoms with Crippen molar-refractivity contribution >= 4 is 15.7 Å². The number of nitro benzene ring substituents is 1. The number of methoxy groups -OCH3 is 1. The lowest BCUT2D eigenvalue weighted by atomic mass is 10.2. The first kappa shape index (κ1) is 17.6. The number of non-ortho nitro benzene ring substituents is 1. The molecule has 9 heteroatoms. The molecule has 8 nitrogen and oxygen atoms in total. The van der Waals surface area contributed by atoms with Gasteiger partial charge in [0.15, 0.2) is 0 Å². The van der Waals surface area contributed by atoms with Gasteiger partial charge in [-0.05, 0) is 18.9 Å². The first-order chi connectivity index (χ1) is 10.9. The number of nitro groups is 1. The predicted octanol–water partition coefficient (Wildman–Crippen LogP) is 1.79. The van der Waals surface area contributed by atoms with Crippen LogP contribution in [0.5, 0.6) is 5.75 Å². The van der Waals surface area contributed by atoms with E-state index in [9.17, 15) is 18.5 Å². The number of likely N-dealkylation sites (N-methyl/N-ethyl adjacent to an activating group) is 1. The largest absolute Gasteiger partial charge is 0.495 e. The van der Waals surface area contributed by atoms with Crippen molar-refractivity contribution in [1.29, 1.82) is 0 Å². The highest BCUT2D eigenvalue weighted by Gasteiger charge is 2.31. The molecule has 1 saturated heterocycles. The molecule has 0 spiro atoms. The topological polar surface area (TPSA) is 99.0 Å². The Morgan fingerprint density at radius 2 is 2.22 bits per heavy atom. The Morgan fingerprint density at radius 3 is 2.74 bits per heavy atom. The van der Waals surface area contributed by atoms with Crippen LogP contribution in [0.15, 0.2) is 23.1 Å². The summed E-state index contributed by atoms with van der Waals surface area (Å²) in [6.07, 6.45) is 1.63. The van der Waals surface area contributed by atoms with Gasteiger partial charge in [-0.3, -0.25) is 10.1 Å². The Hall–Kier alpha value is -1.71. The lowest BCUT2D eigenvalue weighted by Gasteiger charge is -2.24. The zero-order valence-corrected chi connectivity index (χ0v) is 13.9. The standard InChI is InChI=1S/C14H20N2O6S/c1-3-15(10-12-5-4-8-22-12)23(19,20)14-7-6-11(16(17)18)9-13(14)21-2/h6-7,9,12H,3-5,8,10H2,1-2H3. The Kier molecular flexibility index (Phi) is 5.55. The zero-order chi connectivity index (χ0) is 17.0. The van der Waals surface area contributed by atoms with Crippen LogP contribution in [0, 0.1) is 10.1 Å². The van der Waals surface area contributed by atoms with Crippen molar-refractivity contribution in [3.63, 3.8) is 0 Å². The van der Waals surface area contributed by atoms with Crippen LogP contribution in [0.2, 0.25) is 0 Å². The number of benzene rings is 1. The summed E-state index contributed by atoms with van der Waals surface area (Å²) in [7, 11) is -2.53.